The maximum Gasteiger partial charge on any atom is 0.240 e. The fourth-order valence-electron chi connectivity index (χ4n) is 3.01. The third kappa shape index (κ3) is 5.13. The highest BCUT2D eigenvalue weighted by atomic mass is 32.2. The van der Waals surface area contributed by atoms with Gasteiger partial charge in [0.05, 0.1) is 10.6 Å². The summed E-state index contributed by atoms with van der Waals surface area (Å²) in [6.07, 6.45) is -0.0539. The van der Waals surface area contributed by atoms with Crippen LogP contribution in [0, 0.1) is 5.82 Å². The third-order valence-electron chi connectivity index (χ3n) is 4.55. The van der Waals surface area contributed by atoms with E-state index in [4.69, 9.17) is 0 Å². The molecule has 0 aliphatic carbocycles. The summed E-state index contributed by atoms with van der Waals surface area (Å²) < 4.78 is 40.8. The Hall–Kier alpha value is -3.14. The number of halogens is 1. The molecule has 0 aliphatic heterocycles. The van der Waals surface area contributed by atoms with Gasteiger partial charge in [0, 0.05) is 23.9 Å². The molecule has 6 nitrogen and oxygen atoms in total. The summed E-state index contributed by atoms with van der Waals surface area (Å²) in [7, 11) is -3.73. The first kappa shape index (κ1) is 21.1. The summed E-state index contributed by atoms with van der Waals surface area (Å²) in [5, 5.41) is 6.48. The number of carbonyl (C=O) groups excluding carboxylic acids is 1. The molecule has 0 spiro atoms. The first-order chi connectivity index (χ1) is 14.9. The monoisotopic (exact) mass is 455 g/mol. The molecule has 0 fully saturated rings. The van der Waals surface area contributed by atoms with Crippen LogP contribution in [0.2, 0.25) is 0 Å². The van der Waals surface area contributed by atoms with Crippen molar-refractivity contribution in [1.82, 2.24) is 9.71 Å². The summed E-state index contributed by atoms with van der Waals surface area (Å²) in [5.41, 5.74) is 1.16. The number of carbonyl (C=O) groups is 1. The fourth-order valence-corrected chi connectivity index (χ4v) is 4.81. The van der Waals surface area contributed by atoms with E-state index in [0.717, 1.165) is 10.8 Å². The number of hydrogen-bond donors (Lipinski definition) is 2. The Bertz CT molecular complexity index is 1350. The minimum atomic E-state index is -3.73. The Morgan fingerprint density at radius 2 is 1.81 bits per heavy atom. The molecular formula is C22H18FN3O3S2. The minimum Gasteiger partial charge on any atom is -0.302 e. The second-order valence-corrected chi connectivity index (χ2v) is 9.38. The van der Waals surface area contributed by atoms with Gasteiger partial charge in [-0.15, -0.1) is 11.3 Å². The smallest absolute Gasteiger partial charge is 0.240 e. The molecule has 0 radical (unpaired) electrons. The third-order valence-corrected chi connectivity index (χ3v) is 6.76. The van der Waals surface area contributed by atoms with Gasteiger partial charge in [-0.05, 0) is 35.0 Å². The average molecular weight is 456 g/mol. The summed E-state index contributed by atoms with van der Waals surface area (Å²) in [6, 6.07) is 18.4. The van der Waals surface area contributed by atoms with Crippen LogP contribution in [-0.2, 0) is 14.8 Å². The summed E-state index contributed by atoms with van der Waals surface area (Å²) >= 11 is 1.21. The van der Waals surface area contributed by atoms with Crippen LogP contribution in [0.5, 0.6) is 0 Å². The zero-order valence-corrected chi connectivity index (χ0v) is 17.8. The lowest BCUT2D eigenvalue weighted by Gasteiger charge is -2.08. The van der Waals surface area contributed by atoms with Gasteiger partial charge in [0.1, 0.15) is 5.82 Å². The number of thiazole rings is 1. The number of nitrogens with zero attached hydrogens (tertiary/aromatic N) is 1. The van der Waals surface area contributed by atoms with Crippen molar-refractivity contribution in [3.8, 4) is 11.3 Å². The normalized spacial score (nSPS) is 11.5. The molecule has 0 saturated heterocycles. The molecule has 0 unspecified atom stereocenters. The molecule has 0 aliphatic rings. The van der Waals surface area contributed by atoms with Gasteiger partial charge in [-0.2, -0.15) is 0 Å². The molecule has 1 heterocycles. The highest BCUT2D eigenvalue weighted by Crippen LogP contribution is 2.25. The molecule has 0 bridgehead atoms. The predicted molar refractivity (Wildman–Crippen MR) is 120 cm³/mol. The summed E-state index contributed by atoms with van der Waals surface area (Å²) in [6.45, 7) is -0.0525. The van der Waals surface area contributed by atoms with Gasteiger partial charge in [0.25, 0.3) is 0 Å². The average Bonchev–Trinajstić information content (AvgIpc) is 3.21. The quantitative estimate of drug-likeness (QED) is 0.432. The number of aromatic nitrogens is 1. The minimum absolute atomic E-state index is 0.0525. The van der Waals surface area contributed by atoms with Gasteiger partial charge in [-0.1, -0.05) is 42.5 Å². The Labute approximate surface area is 182 Å². The molecule has 158 valence electrons. The van der Waals surface area contributed by atoms with Crippen molar-refractivity contribution < 1.29 is 17.6 Å². The van der Waals surface area contributed by atoms with E-state index < -0.39 is 10.0 Å². The number of nitrogens with one attached hydrogen (secondary N) is 2. The van der Waals surface area contributed by atoms with Crippen molar-refractivity contribution in [2.24, 2.45) is 0 Å². The number of hydrogen-bond acceptors (Lipinski definition) is 5. The molecule has 1 aromatic heterocycles. The van der Waals surface area contributed by atoms with Crippen molar-refractivity contribution in [1.29, 1.82) is 0 Å². The van der Waals surface area contributed by atoms with Crippen LogP contribution in [0.25, 0.3) is 22.0 Å². The molecule has 4 aromatic rings. The van der Waals surface area contributed by atoms with E-state index in [-0.39, 0.29) is 29.6 Å². The maximum absolute atomic E-state index is 13.4. The van der Waals surface area contributed by atoms with Crippen molar-refractivity contribution in [3.63, 3.8) is 0 Å². The first-order valence-electron chi connectivity index (χ1n) is 9.40. The van der Waals surface area contributed by atoms with Crippen molar-refractivity contribution in [3.05, 3.63) is 77.9 Å². The molecular weight excluding hydrogens is 437 g/mol. The first-order valence-corrected chi connectivity index (χ1v) is 11.8. The van der Waals surface area contributed by atoms with Gasteiger partial charge in [-0.3, -0.25) is 4.79 Å². The molecule has 0 saturated carbocycles. The van der Waals surface area contributed by atoms with E-state index in [1.165, 1.54) is 29.5 Å². The van der Waals surface area contributed by atoms with Crippen LogP contribution < -0.4 is 10.0 Å². The molecule has 9 heteroatoms. The van der Waals surface area contributed by atoms with Crippen LogP contribution in [0.4, 0.5) is 9.52 Å². The lowest BCUT2D eigenvalue weighted by molar-refractivity contribution is -0.116. The number of sulfonamides is 1. The van der Waals surface area contributed by atoms with Crippen LogP contribution in [0.3, 0.4) is 0 Å². The van der Waals surface area contributed by atoms with E-state index in [1.807, 2.05) is 24.3 Å². The number of rotatable bonds is 7. The Balaban J connectivity index is 1.33. The summed E-state index contributed by atoms with van der Waals surface area (Å²) in [5.74, 6) is -0.740. The Morgan fingerprint density at radius 3 is 2.61 bits per heavy atom. The lowest BCUT2D eigenvalue weighted by atomic mass is 10.1. The molecule has 2 N–H and O–H groups in total. The van der Waals surface area contributed by atoms with E-state index in [0.29, 0.717) is 16.4 Å². The van der Waals surface area contributed by atoms with Crippen molar-refractivity contribution >= 4 is 43.2 Å². The van der Waals surface area contributed by atoms with Crippen LogP contribution in [0.15, 0.2) is 77.0 Å². The molecule has 1 amide bonds. The topological polar surface area (TPSA) is 88.2 Å². The SMILES string of the molecule is O=C(CCNS(=O)(=O)c1ccc2ccccc2c1)Nc1nc(-c2cccc(F)c2)cs1. The Kier molecular flexibility index (Phi) is 6.08. The lowest BCUT2D eigenvalue weighted by Crippen LogP contribution is -2.27. The van der Waals surface area contributed by atoms with E-state index >= 15 is 0 Å². The number of anilines is 1. The van der Waals surface area contributed by atoms with Crippen molar-refractivity contribution in [2.45, 2.75) is 11.3 Å². The van der Waals surface area contributed by atoms with Gasteiger partial charge in [-0.25, -0.2) is 22.5 Å². The van der Waals surface area contributed by atoms with Gasteiger partial charge in [0.2, 0.25) is 15.9 Å². The van der Waals surface area contributed by atoms with Crippen molar-refractivity contribution in [2.75, 3.05) is 11.9 Å². The molecule has 31 heavy (non-hydrogen) atoms. The van der Waals surface area contributed by atoms with Crippen LogP contribution >= 0.6 is 11.3 Å². The standard InChI is InChI=1S/C22H18FN3O3S2/c23-18-7-3-6-17(12-18)20-14-30-22(25-20)26-21(27)10-11-24-31(28,29)19-9-8-15-4-1-2-5-16(15)13-19/h1-9,12-14,24H,10-11H2,(H,25,26,27). The number of amides is 1. The zero-order valence-electron chi connectivity index (χ0n) is 16.2. The number of fused-ring (bicyclic) bond motifs is 1. The highest BCUT2D eigenvalue weighted by molar-refractivity contribution is 7.89. The maximum atomic E-state index is 13.4. The second-order valence-electron chi connectivity index (χ2n) is 6.75. The second kappa shape index (κ2) is 8.93. The van der Waals surface area contributed by atoms with Gasteiger partial charge < -0.3 is 5.32 Å². The highest BCUT2D eigenvalue weighted by Gasteiger charge is 2.15. The Morgan fingerprint density at radius 1 is 1.00 bits per heavy atom. The van der Waals surface area contributed by atoms with Gasteiger partial charge >= 0.3 is 0 Å². The zero-order chi connectivity index (χ0) is 21.8. The summed E-state index contributed by atoms with van der Waals surface area (Å²) in [4.78, 5) is 16.6. The van der Waals surface area contributed by atoms with E-state index in [9.17, 15) is 17.6 Å². The molecule has 0 atom stereocenters. The number of benzene rings is 3. The van der Waals surface area contributed by atoms with Crippen LogP contribution in [-0.4, -0.2) is 25.9 Å². The fraction of sp³-hybridized carbons (Fsp3) is 0.0909. The van der Waals surface area contributed by atoms with Gasteiger partial charge in [0.15, 0.2) is 5.13 Å². The largest absolute Gasteiger partial charge is 0.302 e. The predicted octanol–water partition coefficient (Wildman–Crippen LogP) is 4.41. The molecule has 4 rings (SSSR count). The van der Waals surface area contributed by atoms with E-state index in [1.54, 1.807) is 29.6 Å². The van der Waals surface area contributed by atoms with E-state index in [2.05, 4.69) is 15.0 Å². The van der Waals surface area contributed by atoms with Crippen LogP contribution in [0.1, 0.15) is 6.42 Å². The molecule has 3 aromatic carbocycles.